The largest absolute Gasteiger partial charge is 0.314 e. The zero-order valence-corrected chi connectivity index (χ0v) is 8.81. The van der Waals surface area contributed by atoms with Gasteiger partial charge in [0, 0.05) is 23.5 Å². The summed E-state index contributed by atoms with van der Waals surface area (Å²) < 4.78 is 0. The summed E-state index contributed by atoms with van der Waals surface area (Å²) in [7, 11) is 0. The maximum absolute atomic E-state index is 4.34. The fraction of sp³-hybridized carbons (Fsp3) is 0.700. The molecule has 1 heterocycles. The van der Waals surface area contributed by atoms with Crippen molar-refractivity contribution in [3.05, 3.63) is 16.6 Å². The predicted octanol–water partition coefficient (Wildman–Crippen LogP) is 2.39. The molecule has 0 saturated heterocycles. The van der Waals surface area contributed by atoms with Crippen LogP contribution in [0.15, 0.2) is 11.6 Å². The third kappa shape index (κ3) is 2.09. The number of hydrogen-bond donors (Lipinski definition) is 1. The third-order valence-corrected chi connectivity index (χ3v) is 3.56. The molecule has 2 nitrogen and oxygen atoms in total. The Kier molecular flexibility index (Phi) is 2.96. The summed E-state index contributed by atoms with van der Waals surface area (Å²) in [5.41, 5.74) is 0. The summed E-state index contributed by atoms with van der Waals surface area (Å²) in [5, 5.41) is 6.94. The number of thiazole rings is 1. The first kappa shape index (κ1) is 9.16. The first-order chi connectivity index (χ1) is 6.40. The highest BCUT2D eigenvalue weighted by atomic mass is 32.1. The molecular formula is C10H16N2S. The Morgan fingerprint density at radius 2 is 2.46 bits per heavy atom. The maximum atomic E-state index is 4.34. The van der Waals surface area contributed by atoms with Gasteiger partial charge in [0.1, 0.15) is 0 Å². The average Bonchev–Trinajstić information content (AvgIpc) is 2.54. The van der Waals surface area contributed by atoms with Crippen molar-refractivity contribution < 1.29 is 0 Å². The van der Waals surface area contributed by atoms with Gasteiger partial charge in [-0.15, -0.1) is 11.3 Å². The van der Waals surface area contributed by atoms with E-state index in [1.54, 1.807) is 11.3 Å². The zero-order valence-electron chi connectivity index (χ0n) is 7.99. The number of rotatable bonds is 4. The second kappa shape index (κ2) is 4.20. The van der Waals surface area contributed by atoms with Crippen molar-refractivity contribution in [2.24, 2.45) is 0 Å². The van der Waals surface area contributed by atoms with E-state index in [-0.39, 0.29) is 0 Å². The monoisotopic (exact) mass is 196 g/mol. The van der Waals surface area contributed by atoms with Crippen molar-refractivity contribution in [2.75, 3.05) is 6.54 Å². The summed E-state index contributed by atoms with van der Waals surface area (Å²) in [6, 6.07) is 0.758. The fourth-order valence-corrected chi connectivity index (χ4v) is 2.54. The molecule has 0 amide bonds. The number of hydrogen-bond acceptors (Lipinski definition) is 3. The van der Waals surface area contributed by atoms with E-state index in [1.165, 1.54) is 24.3 Å². The molecule has 0 atom stereocenters. The van der Waals surface area contributed by atoms with E-state index < -0.39 is 0 Å². The molecular weight excluding hydrogens is 180 g/mol. The lowest BCUT2D eigenvalue weighted by molar-refractivity contribution is 0.291. The molecule has 1 fully saturated rings. The van der Waals surface area contributed by atoms with Crippen LogP contribution >= 0.6 is 11.3 Å². The summed E-state index contributed by atoms with van der Waals surface area (Å²) in [5.74, 6) is 0.745. The highest BCUT2D eigenvalue weighted by molar-refractivity contribution is 7.09. The Bertz CT molecular complexity index is 239. The van der Waals surface area contributed by atoms with Gasteiger partial charge in [-0.25, -0.2) is 4.98 Å². The molecule has 1 aromatic heterocycles. The van der Waals surface area contributed by atoms with E-state index in [2.05, 4.69) is 22.6 Å². The highest BCUT2D eigenvalue weighted by Gasteiger charge is 2.30. The summed E-state index contributed by atoms with van der Waals surface area (Å²) in [6.45, 7) is 3.37. The van der Waals surface area contributed by atoms with Gasteiger partial charge in [0.15, 0.2) is 0 Å². The van der Waals surface area contributed by atoms with Gasteiger partial charge in [-0.2, -0.15) is 0 Å². The van der Waals surface area contributed by atoms with Crippen molar-refractivity contribution in [3.63, 3.8) is 0 Å². The van der Waals surface area contributed by atoms with Gasteiger partial charge >= 0.3 is 0 Å². The summed E-state index contributed by atoms with van der Waals surface area (Å²) in [4.78, 5) is 4.34. The van der Waals surface area contributed by atoms with Gasteiger partial charge in [0.25, 0.3) is 0 Å². The first-order valence-electron chi connectivity index (χ1n) is 5.03. The minimum absolute atomic E-state index is 0.745. The van der Waals surface area contributed by atoms with E-state index in [4.69, 9.17) is 0 Å². The maximum Gasteiger partial charge on any atom is 0.0956 e. The van der Waals surface area contributed by atoms with Crippen LogP contribution in [-0.4, -0.2) is 17.6 Å². The van der Waals surface area contributed by atoms with Gasteiger partial charge in [-0.1, -0.05) is 6.92 Å². The van der Waals surface area contributed by atoms with E-state index in [0.717, 1.165) is 18.5 Å². The topological polar surface area (TPSA) is 24.9 Å². The normalized spacial score (nSPS) is 27.2. The zero-order chi connectivity index (χ0) is 9.10. The molecule has 1 aliphatic rings. The Labute approximate surface area is 83.4 Å². The van der Waals surface area contributed by atoms with Crippen molar-refractivity contribution in [1.29, 1.82) is 0 Å². The van der Waals surface area contributed by atoms with Crippen LogP contribution in [0.5, 0.6) is 0 Å². The Balaban J connectivity index is 1.73. The molecule has 0 radical (unpaired) electrons. The van der Waals surface area contributed by atoms with E-state index in [1.807, 2.05) is 6.20 Å². The smallest absolute Gasteiger partial charge is 0.0956 e. The molecule has 1 aromatic rings. The van der Waals surface area contributed by atoms with E-state index >= 15 is 0 Å². The lowest BCUT2D eigenvalue weighted by atomic mass is 9.81. The van der Waals surface area contributed by atoms with E-state index in [0.29, 0.717) is 0 Å². The van der Waals surface area contributed by atoms with Gasteiger partial charge in [-0.3, -0.25) is 0 Å². The van der Waals surface area contributed by atoms with Crippen LogP contribution in [0.4, 0.5) is 0 Å². The number of aromatic nitrogens is 1. The quantitative estimate of drug-likeness (QED) is 0.800. The van der Waals surface area contributed by atoms with Crippen molar-refractivity contribution in [2.45, 2.75) is 38.1 Å². The SMILES string of the molecule is CCCNC1CC(c2nccs2)C1. The lowest BCUT2D eigenvalue weighted by Gasteiger charge is -2.34. The molecule has 3 heteroatoms. The second-order valence-electron chi connectivity index (χ2n) is 3.69. The molecule has 0 aliphatic heterocycles. The van der Waals surface area contributed by atoms with Crippen LogP contribution in [0, 0.1) is 0 Å². The molecule has 2 rings (SSSR count). The van der Waals surface area contributed by atoms with Crippen molar-refractivity contribution in [3.8, 4) is 0 Å². The summed E-state index contributed by atoms with van der Waals surface area (Å²) in [6.07, 6.45) is 5.71. The molecule has 1 aliphatic carbocycles. The molecule has 72 valence electrons. The van der Waals surface area contributed by atoms with Crippen molar-refractivity contribution in [1.82, 2.24) is 10.3 Å². The molecule has 0 unspecified atom stereocenters. The Morgan fingerprint density at radius 3 is 3.08 bits per heavy atom. The van der Waals surface area contributed by atoms with Gasteiger partial charge in [-0.05, 0) is 25.8 Å². The lowest BCUT2D eigenvalue weighted by Crippen LogP contribution is -2.40. The first-order valence-corrected chi connectivity index (χ1v) is 5.91. The van der Waals surface area contributed by atoms with Crippen molar-refractivity contribution >= 4 is 11.3 Å². The molecule has 1 N–H and O–H groups in total. The Hall–Kier alpha value is -0.410. The van der Waals surface area contributed by atoms with Gasteiger partial charge in [0.05, 0.1) is 5.01 Å². The van der Waals surface area contributed by atoms with Gasteiger partial charge < -0.3 is 5.32 Å². The molecule has 0 aromatic carbocycles. The predicted molar refractivity (Wildman–Crippen MR) is 56.2 cm³/mol. The third-order valence-electron chi connectivity index (χ3n) is 2.62. The van der Waals surface area contributed by atoms with Crippen LogP contribution in [0.1, 0.15) is 37.1 Å². The number of nitrogens with one attached hydrogen (secondary N) is 1. The minimum atomic E-state index is 0.745. The highest BCUT2D eigenvalue weighted by Crippen LogP contribution is 2.37. The van der Waals surface area contributed by atoms with Crippen LogP contribution in [0.3, 0.4) is 0 Å². The van der Waals surface area contributed by atoms with Gasteiger partial charge in [0.2, 0.25) is 0 Å². The van der Waals surface area contributed by atoms with Crippen LogP contribution < -0.4 is 5.32 Å². The minimum Gasteiger partial charge on any atom is -0.314 e. The second-order valence-corrected chi connectivity index (χ2v) is 4.62. The Morgan fingerprint density at radius 1 is 1.62 bits per heavy atom. The van der Waals surface area contributed by atoms with Crippen LogP contribution in [0.25, 0.3) is 0 Å². The molecule has 0 spiro atoms. The standard InChI is InChI=1S/C10H16N2S/c1-2-3-11-9-6-8(7-9)10-12-4-5-13-10/h4-5,8-9,11H,2-3,6-7H2,1H3. The number of nitrogens with zero attached hydrogens (tertiary/aromatic N) is 1. The van der Waals surface area contributed by atoms with E-state index in [9.17, 15) is 0 Å². The molecule has 1 saturated carbocycles. The molecule has 13 heavy (non-hydrogen) atoms. The van der Waals surface area contributed by atoms with Crippen LogP contribution in [0.2, 0.25) is 0 Å². The fourth-order valence-electron chi connectivity index (χ4n) is 1.77. The molecule has 0 bridgehead atoms. The summed E-state index contributed by atoms with van der Waals surface area (Å²) >= 11 is 1.79. The van der Waals surface area contributed by atoms with Crippen LogP contribution in [-0.2, 0) is 0 Å². The average molecular weight is 196 g/mol.